The molecule has 2 rings (SSSR count). The summed E-state index contributed by atoms with van der Waals surface area (Å²) >= 11 is 4.85. The lowest BCUT2D eigenvalue weighted by atomic mass is 9.80. The lowest BCUT2D eigenvalue weighted by Crippen LogP contribution is -2.34. The quantitative estimate of drug-likeness (QED) is 0.578. The van der Waals surface area contributed by atoms with Crippen molar-refractivity contribution in [3.63, 3.8) is 0 Å². The Morgan fingerprint density at radius 1 is 1.38 bits per heavy atom. The van der Waals surface area contributed by atoms with Gasteiger partial charge in [0.2, 0.25) is 0 Å². The SMILES string of the molecule is CCOC1CC(=C(I)I)C2(CCCCC2)O1. The van der Waals surface area contributed by atoms with Crippen LogP contribution in [0.3, 0.4) is 0 Å². The van der Waals surface area contributed by atoms with Crippen molar-refractivity contribution in [2.75, 3.05) is 6.61 Å². The van der Waals surface area contributed by atoms with Gasteiger partial charge < -0.3 is 9.47 Å². The highest BCUT2D eigenvalue weighted by molar-refractivity contribution is 14.2. The Hall–Kier alpha value is 1.12. The number of hydrogen-bond donors (Lipinski definition) is 0. The van der Waals surface area contributed by atoms with Crippen LogP contribution in [-0.4, -0.2) is 18.5 Å². The third-order valence-electron chi connectivity index (χ3n) is 3.52. The van der Waals surface area contributed by atoms with Crippen molar-refractivity contribution in [2.45, 2.75) is 57.3 Å². The zero-order valence-corrected chi connectivity index (χ0v) is 13.9. The highest BCUT2D eigenvalue weighted by Gasteiger charge is 2.46. The third-order valence-corrected chi connectivity index (χ3v) is 4.82. The summed E-state index contributed by atoms with van der Waals surface area (Å²) in [6.45, 7) is 2.78. The predicted molar refractivity (Wildman–Crippen MR) is 82.0 cm³/mol. The van der Waals surface area contributed by atoms with E-state index < -0.39 is 0 Å². The van der Waals surface area contributed by atoms with E-state index in [1.54, 1.807) is 0 Å². The van der Waals surface area contributed by atoms with Crippen LogP contribution in [0.15, 0.2) is 7.16 Å². The van der Waals surface area contributed by atoms with Gasteiger partial charge in [-0.25, -0.2) is 0 Å². The normalized spacial score (nSPS) is 28.7. The molecule has 1 unspecified atom stereocenters. The largest absolute Gasteiger partial charge is 0.353 e. The molecule has 0 N–H and O–H groups in total. The van der Waals surface area contributed by atoms with Crippen LogP contribution in [0.4, 0.5) is 0 Å². The second kappa shape index (κ2) is 5.84. The first-order valence-electron chi connectivity index (χ1n) is 6.02. The van der Waals surface area contributed by atoms with Crippen molar-refractivity contribution in [3.8, 4) is 0 Å². The molecule has 1 aliphatic heterocycles. The van der Waals surface area contributed by atoms with Crippen LogP contribution < -0.4 is 0 Å². The van der Waals surface area contributed by atoms with Gasteiger partial charge in [0.15, 0.2) is 6.29 Å². The average Bonchev–Trinajstić information content (AvgIpc) is 2.59. The van der Waals surface area contributed by atoms with E-state index in [1.807, 2.05) is 6.92 Å². The number of ether oxygens (including phenoxy) is 2. The Bertz CT molecular complexity index is 279. The smallest absolute Gasteiger partial charge is 0.162 e. The van der Waals surface area contributed by atoms with Crippen molar-refractivity contribution in [1.82, 2.24) is 0 Å². The minimum Gasteiger partial charge on any atom is -0.353 e. The van der Waals surface area contributed by atoms with E-state index in [9.17, 15) is 0 Å². The first-order valence-corrected chi connectivity index (χ1v) is 8.18. The van der Waals surface area contributed by atoms with Crippen molar-refractivity contribution in [2.24, 2.45) is 0 Å². The van der Waals surface area contributed by atoms with E-state index in [0.29, 0.717) is 0 Å². The summed E-state index contributed by atoms with van der Waals surface area (Å²) in [6, 6.07) is 0. The van der Waals surface area contributed by atoms with Gasteiger partial charge in [0, 0.05) is 13.0 Å². The van der Waals surface area contributed by atoms with E-state index in [4.69, 9.17) is 9.47 Å². The molecule has 2 aliphatic rings. The van der Waals surface area contributed by atoms with Gasteiger partial charge in [-0.3, -0.25) is 0 Å². The highest BCUT2D eigenvalue weighted by Crippen LogP contribution is 2.49. The highest BCUT2D eigenvalue weighted by atomic mass is 127. The van der Waals surface area contributed by atoms with E-state index >= 15 is 0 Å². The molecule has 1 atom stereocenters. The lowest BCUT2D eigenvalue weighted by Gasteiger charge is -2.34. The van der Waals surface area contributed by atoms with Gasteiger partial charge in [0.05, 0.1) is 7.19 Å². The van der Waals surface area contributed by atoms with E-state index in [1.165, 1.54) is 39.3 Å². The molecule has 92 valence electrons. The first kappa shape index (κ1) is 13.5. The zero-order chi connectivity index (χ0) is 11.6. The topological polar surface area (TPSA) is 18.5 Å². The molecule has 2 fully saturated rings. The summed E-state index contributed by atoms with van der Waals surface area (Å²) in [7, 11) is 0. The number of hydrogen-bond acceptors (Lipinski definition) is 2. The summed E-state index contributed by atoms with van der Waals surface area (Å²) in [4.78, 5) is 0. The van der Waals surface area contributed by atoms with E-state index in [0.717, 1.165) is 13.0 Å². The number of rotatable bonds is 2. The molecule has 0 aromatic rings. The fourth-order valence-electron chi connectivity index (χ4n) is 2.79. The zero-order valence-electron chi connectivity index (χ0n) is 9.60. The van der Waals surface area contributed by atoms with E-state index in [2.05, 4.69) is 45.2 Å². The first-order chi connectivity index (χ1) is 7.68. The van der Waals surface area contributed by atoms with Crippen LogP contribution >= 0.6 is 45.2 Å². The van der Waals surface area contributed by atoms with Crippen LogP contribution in [-0.2, 0) is 9.47 Å². The minimum absolute atomic E-state index is 0.00219. The van der Waals surface area contributed by atoms with Crippen molar-refractivity contribution in [3.05, 3.63) is 7.16 Å². The van der Waals surface area contributed by atoms with Crippen LogP contribution in [0.5, 0.6) is 0 Å². The summed E-state index contributed by atoms with van der Waals surface area (Å²) < 4.78 is 13.2. The Morgan fingerprint density at radius 3 is 2.62 bits per heavy atom. The summed E-state index contributed by atoms with van der Waals surface area (Å²) in [5.74, 6) is 0. The molecule has 0 aromatic heterocycles. The summed E-state index contributed by atoms with van der Waals surface area (Å²) in [6.07, 6.45) is 7.27. The molecule has 16 heavy (non-hydrogen) atoms. The van der Waals surface area contributed by atoms with Gasteiger partial charge in [0.25, 0.3) is 0 Å². The molecule has 0 aromatic carbocycles. The Labute approximate surface area is 125 Å². The van der Waals surface area contributed by atoms with Crippen LogP contribution in [0.25, 0.3) is 0 Å². The monoisotopic (exact) mass is 448 g/mol. The van der Waals surface area contributed by atoms with Gasteiger partial charge in [-0.2, -0.15) is 0 Å². The second-order valence-corrected chi connectivity index (χ2v) is 8.72. The molecular weight excluding hydrogens is 430 g/mol. The summed E-state index contributed by atoms with van der Waals surface area (Å²) in [5.41, 5.74) is 1.52. The van der Waals surface area contributed by atoms with Gasteiger partial charge in [-0.1, -0.05) is 19.3 Å². The molecule has 1 saturated heterocycles. The van der Waals surface area contributed by atoms with Gasteiger partial charge in [0.1, 0.15) is 0 Å². The van der Waals surface area contributed by atoms with Crippen molar-refractivity contribution < 1.29 is 9.47 Å². The van der Waals surface area contributed by atoms with Crippen LogP contribution in [0.1, 0.15) is 45.4 Å². The fourth-order valence-corrected chi connectivity index (χ4v) is 4.21. The van der Waals surface area contributed by atoms with Crippen LogP contribution in [0.2, 0.25) is 0 Å². The van der Waals surface area contributed by atoms with Crippen molar-refractivity contribution >= 4 is 45.2 Å². The maximum atomic E-state index is 6.21. The molecule has 1 aliphatic carbocycles. The Balaban J connectivity index is 2.18. The molecule has 0 bridgehead atoms. The van der Waals surface area contributed by atoms with E-state index in [-0.39, 0.29) is 11.9 Å². The molecule has 2 nitrogen and oxygen atoms in total. The molecular formula is C12H18I2O2. The minimum atomic E-state index is -0.00219. The molecule has 0 radical (unpaired) electrons. The van der Waals surface area contributed by atoms with Gasteiger partial charge in [-0.05, 0) is 70.5 Å². The molecule has 0 amide bonds. The second-order valence-electron chi connectivity index (χ2n) is 4.50. The third kappa shape index (κ3) is 2.75. The van der Waals surface area contributed by atoms with Gasteiger partial charge in [-0.15, -0.1) is 0 Å². The Kier molecular flexibility index (Phi) is 4.95. The number of halogens is 2. The molecule has 4 heteroatoms. The molecule has 1 heterocycles. The van der Waals surface area contributed by atoms with Crippen molar-refractivity contribution in [1.29, 1.82) is 0 Å². The maximum absolute atomic E-state index is 6.21. The predicted octanol–water partition coefficient (Wildman–Crippen LogP) is 4.55. The standard InChI is InChI=1S/C12H18I2O2/c1-2-15-10-8-9(11(13)14)12(16-10)6-4-3-5-7-12/h10H,2-8H2,1H3. The van der Waals surface area contributed by atoms with Gasteiger partial charge >= 0.3 is 0 Å². The fraction of sp³-hybridized carbons (Fsp3) is 0.833. The average molecular weight is 448 g/mol. The Morgan fingerprint density at radius 2 is 2.06 bits per heavy atom. The molecule has 1 spiro atoms. The lowest BCUT2D eigenvalue weighted by molar-refractivity contribution is -0.170. The molecule has 1 saturated carbocycles. The van der Waals surface area contributed by atoms with Crippen LogP contribution in [0, 0.1) is 0 Å². The summed E-state index contributed by atoms with van der Waals surface area (Å²) in [5, 5.41) is 0. The maximum Gasteiger partial charge on any atom is 0.162 e.